The van der Waals surface area contributed by atoms with Gasteiger partial charge in [-0.1, -0.05) is 19.9 Å². The number of rotatable bonds is 5. The highest BCUT2D eigenvalue weighted by Crippen LogP contribution is 2.69. The minimum absolute atomic E-state index is 0.0177. The summed E-state index contributed by atoms with van der Waals surface area (Å²) >= 11 is 0. The van der Waals surface area contributed by atoms with Gasteiger partial charge in [0.15, 0.2) is 0 Å². The lowest BCUT2D eigenvalue weighted by Crippen LogP contribution is -2.38. The Labute approximate surface area is 212 Å². The van der Waals surface area contributed by atoms with Crippen molar-refractivity contribution in [3.05, 3.63) is 77.2 Å². The summed E-state index contributed by atoms with van der Waals surface area (Å²) in [5, 5.41) is 14.4. The molecule has 37 heavy (non-hydrogen) atoms. The first-order chi connectivity index (χ1) is 17.5. The van der Waals surface area contributed by atoms with Crippen LogP contribution in [-0.4, -0.2) is 35.2 Å². The van der Waals surface area contributed by atoms with E-state index in [4.69, 9.17) is 14.5 Å². The fourth-order valence-corrected chi connectivity index (χ4v) is 6.81. The third-order valence-electron chi connectivity index (χ3n) is 7.84. The van der Waals surface area contributed by atoms with Gasteiger partial charge in [0.1, 0.15) is 23.6 Å². The Morgan fingerprint density at radius 1 is 1.16 bits per heavy atom. The van der Waals surface area contributed by atoms with Crippen LogP contribution in [0.15, 0.2) is 47.3 Å². The molecular weight excluding hydrogens is 498 g/mol. The highest BCUT2D eigenvalue weighted by molar-refractivity contribution is 7.97. The minimum atomic E-state index is -2.77. The predicted molar refractivity (Wildman–Crippen MR) is 135 cm³/mol. The molecule has 2 N–H and O–H groups in total. The fraction of sp³-hybridized carbons (Fsp3) is 0.308. The molecule has 8 nitrogen and oxygen atoms in total. The fourth-order valence-electron chi connectivity index (χ4n) is 6.17. The molecule has 2 aliphatic carbocycles. The van der Waals surface area contributed by atoms with Gasteiger partial charge in [0.25, 0.3) is 0 Å². The maximum Gasteiger partial charge on any atom is 0.246 e. The first kappa shape index (κ1) is 23.8. The summed E-state index contributed by atoms with van der Waals surface area (Å²) in [6, 6.07) is 5.51. The van der Waals surface area contributed by atoms with Crippen molar-refractivity contribution in [1.29, 1.82) is 0 Å². The van der Waals surface area contributed by atoms with Gasteiger partial charge >= 0.3 is 0 Å². The van der Waals surface area contributed by atoms with Crippen molar-refractivity contribution in [3.63, 3.8) is 0 Å². The Kier molecular flexibility index (Phi) is 5.12. The molecule has 2 bridgehead atoms. The van der Waals surface area contributed by atoms with Gasteiger partial charge < -0.3 is 4.42 Å². The average Bonchev–Trinajstić information content (AvgIpc) is 3.45. The zero-order chi connectivity index (χ0) is 26.2. The van der Waals surface area contributed by atoms with E-state index in [0.29, 0.717) is 17.1 Å². The van der Waals surface area contributed by atoms with Crippen molar-refractivity contribution in [2.45, 2.75) is 43.8 Å². The normalized spacial score (nSPS) is 23.1. The summed E-state index contributed by atoms with van der Waals surface area (Å²) < 4.78 is 46.4. The van der Waals surface area contributed by atoms with Gasteiger partial charge in [-0.3, -0.25) is 14.3 Å². The van der Waals surface area contributed by atoms with Crippen molar-refractivity contribution in [1.82, 2.24) is 25.1 Å². The van der Waals surface area contributed by atoms with Gasteiger partial charge in [-0.05, 0) is 53.8 Å². The zero-order valence-electron chi connectivity index (χ0n) is 20.2. The van der Waals surface area contributed by atoms with Crippen LogP contribution >= 0.6 is 0 Å². The smallest absolute Gasteiger partial charge is 0.246 e. The van der Waals surface area contributed by atoms with Crippen LogP contribution in [0.3, 0.4) is 0 Å². The molecule has 1 aromatic carbocycles. The molecule has 1 saturated carbocycles. The predicted octanol–water partition coefficient (Wildman–Crippen LogP) is 4.16. The Morgan fingerprint density at radius 3 is 2.65 bits per heavy atom. The summed E-state index contributed by atoms with van der Waals surface area (Å²) in [5.74, 6) is 2.40. The second-order valence-electron chi connectivity index (χ2n) is 10.3. The zero-order valence-corrected chi connectivity index (χ0v) is 21.1. The van der Waals surface area contributed by atoms with E-state index in [1.54, 1.807) is 18.5 Å². The van der Waals surface area contributed by atoms with E-state index in [2.05, 4.69) is 39.9 Å². The molecule has 1 unspecified atom stereocenters. The Hall–Kier alpha value is -3.57. The molecule has 1 fully saturated rings. The van der Waals surface area contributed by atoms with Crippen LogP contribution in [0.2, 0.25) is 0 Å². The molecule has 6 rings (SSSR count). The number of hydrogen-bond donors (Lipinski definition) is 1. The number of benzene rings is 1. The SMILES string of the molecule is C=S(N)(=O)Cc1coc(-c2cncc([C@@]34CC[C@@H](c5cc(-c6c(F)cccc6F)nnc53)C4(C)C)n2)n1. The van der Waals surface area contributed by atoms with Crippen LogP contribution < -0.4 is 5.14 Å². The van der Waals surface area contributed by atoms with Crippen molar-refractivity contribution in [2.24, 2.45) is 10.6 Å². The minimum Gasteiger partial charge on any atom is -0.443 e. The lowest BCUT2D eigenvalue weighted by molar-refractivity contribution is 0.242. The van der Waals surface area contributed by atoms with Crippen LogP contribution in [0.1, 0.15) is 55.3 Å². The molecule has 0 aliphatic heterocycles. The highest BCUT2D eigenvalue weighted by atomic mass is 32.2. The first-order valence-corrected chi connectivity index (χ1v) is 13.7. The molecule has 4 aromatic rings. The Morgan fingerprint density at radius 2 is 1.92 bits per heavy atom. The van der Waals surface area contributed by atoms with Gasteiger partial charge in [0.05, 0.1) is 45.7 Å². The highest BCUT2D eigenvalue weighted by Gasteiger charge is 2.65. The summed E-state index contributed by atoms with van der Waals surface area (Å²) in [6.07, 6.45) is 6.26. The van der Waals surface area contributed by atoms with Crippen molar-refractivity contribution in [2.75, 3.05) is 0 Å². The summed E-state index contributed by atoms with van der Waals surface area (Å²) in [7, 11) is -2.77. The van der Waals surface area contributed by atoms with E-state index in [0.717, 1.165) is 24.1 Å². The van der Waals surface area contributed by atoms with Gasteiger partial charge in [-0.15, -0.1) is 5.10 Å². The van der Waals surface area contributed by atoms with Gasteiger partial charge in [0.2, 0.25) is 5.89 Å². The Bertz CT molecular complexity index is 1650. The molecule has 3 atom stereocenters. The molecular formula is C26H24F2N6O2S. The van der Waals surface area contributed by atoms with Crippen LogP contribution in [0.4, 0.5) is 8.78 Å². The van der Waals surface area contributed by atoms with Gasteiger partial charge in [0, 0.05) is 15.9 Å². The van der Waals surface area contributed by atoms with E-state index in [-0.39, 0.29) is 34.2 Å². The third-order valence-corrected chi connectivity index (χ3v) is 8.62. The molecule has 0 radical (unpaired) electrons. The summed E-state index contributed by atoms with van der Waals surface area (Å²) in [4.78, 5) is 13.7. The second kappa shape index (κ2) is 7.96. The molecule has 11 heteroatoms. The third kappa shape index (κ3) is 3.51. The number of nitrogens with two attached hydrogens (primary N) is 1. The number of fused-ring (bicyclic) bond motifs is 5. The quantitative estimate of drug-likeness (QED) is 0.391. The maximum atomic E-state index is 14.5. The summed E-state index contributed by atoms with van der Waals surface area (Å²) in [6.45, 7) is 4.30. The van der Waals surface area contributed by atoms with E-state index in [1.165, 1.54) is 24.5 Å². The van der Waals surface area contributed by atoms with Crippen molar-refractivity contribution < 1.29 is 17.4 Å². The van der Waals surface area contributed by atoms with E-state index in [9.17, 15) is 13.0 Å². The van der Waals surface area contributed by atoms with Crippen molar-refractivity contribution >= 4 is 15.6 Å². The van der Waals surface area contributed by atoms with E-state index in [1.807, 2.05) is 0 Å². The lowest BCUT2D eigenvalue weighted by atomic mass is 9.66. The van der Waals surface area contributed by atoms with Crippen LogP contribution in [0.5, 0.6) is 0 Å². The molecule has 3 aromatic heterocycles. The molecule has 0 spiro atoms. The van der Waals surface area contributed by atoms with E-state index < -0.39 is 26.8 Å². The topological polar surface area (TPSA) is 121 Å². The molecule has 3 heterocycles. The lowest BCUT2D eigenvalue weighted by Gasteiger charge is -2.37. The Balaban J connectivity index is 1.45. The number of aromatic nitrogens is 5. The standard InChI is InChI=1S/C26H24F2N6O2S/c1-25(2)16-7-8-26(25,23-15(16)9-19(33-34-23)22-17(27)5-4-6-18(22)28)21-11-30-10-20(32-21)24-31-14(12-36-24)13-37(3,29)35/h4-6,9-12,16H,3,7-8,13H2,1-2H3,(H2,29,35)/t16-,26-,37?/m0/s1. The van der Waals surface area contributed by atoms with Crippen LogP contribution in [0.25, 0.3) is 22.8 Å². The first-order valence-electron chi connectivity index (χ1n) is 11.7. The largest absolute Gasteiger partial charge is 0.443 e. The number of halogens is 2. The number of hydrogen-bond acceptors (Lipinski definition) is 7. The molecule has 0 amide bonds. The maximum absolute atomic E-state index is 14.5. The average molecular weight is 523 g/mol. The van der Waals surface area contributed by atoms with E-state index >= 15 is 0 Å². The number of oxazole rings is 1. The van der Waals surface area contributed by atoms with Gasteiger partial charge in [-0.2, -0.15) is 5.10 Å². The summed E-state index contributed by atoms with van der Waals surface area (Å²) in [5.41, 5.74) is 2.24. The van der Waals surface area contributed by atoms with Crippen molar-refractivity contribution in [3.8, 4) is 22.8 Å². The monoisotopic (exact) mass is 522 g/mol. The second-order valence-corrected chi connectivity index (χ2v) is 12.3. The molecule has 2 aliphatic rings. The molecule has 0 saturated heterocycles. The molecule has 190 valence electrons. The van der Waals surface area contributed by atoms with Gasteiger partial charge in [-0.25, -0.2) is 18.7 Å². The van der Waals surface area contributed by atoms with Crippen LogP contribution in [-0.2, 0) is 20.9 Å². The van der Waals surface area contributed by atoms with Crippen LogP contribution in [0, 0.1) is 17.0 Å². The number of nitrogens with zero attached hydrogens (tertiary/aromatic N) is 5.